The van der Waals surface area contributed by atoms with E-state index in [0.29, 0.717) is 11.3 Å². The lowest BCUT2D eigenvalue weighted by Crippen LogP contribution is -2.11. The number of nitrogens with zero attached hydrogens (tertiary/aromatic N) is 2. The summed E-state index contributed by atoms with van der Waals surface area (Å²) in [7, 11) is -2.38. The van der Waals surface area contributed by atoms with E-state index in [1.165, 1.54) is 43.7 Å². The third-order valence-electron chi connectivity index (χ3n) is 3.42. The van der Waals surface area contributed by atoms with Crippen molar-refractivity contribution in [3.05, 3.63) is 52.1 Å². The van der Waals surface area contributed by atoms with Crippen LogP contribution in [0.5, 0.6) is 11.5 Å². The van der Waals surface area contributed by atoms with E-state index < -0.39 is 14.9 Å². The molecule has 0 spiro atoms. The van der Waals surface area contributed by atoms with E-state index in [0.717, 1.165) is 0 Å². The summed E-state index contributed by atoms with van der Waals surface area (Å²) in [6, 6.07) is 8.51. The lowest BCUT2D eigenvalue weighted by molar-refractivity contribution is -0.386. The van der Waals surface area contributed by atoms with Gasteiger partial charge in [0.25, 0.3) is 0 Å². The maximum absolute atomic E-state index is 11.4. The van der Waals surface area contributed by atoms with Crippen molar-refractivity contribution < 1.29 is 22.8 Å². The zero-order valence-corrected chi connectivity index (χ0v) is 16.3. The van der Waals surface area contributed by atoms with Gasteiger partial charge in [-0.3, -0.25) is 15.5 Å². The first-order valence-electron chi connectivity index (χ1n) is 8.07. The Morgan fingerprint density at radius 3 is 2.39 bits per heavy atom. The second-order valence-corrected chi connectivity index (χ2v) is 7.50. The number of nitrogens with two attached hydrogens (primary N) is 1. The van der Waals surface area contributed by atoms with Crippen molar-refractivity contribution in [1.29, 1.82) is 0 Å². The molecule has 0 aromatic heterocycles. The van der Waals surface area contributed by atoms with Crippen LogP contribution in [0, 0.1) is 10.1 Å². The lowest BCUT2D eigenvalue weighted by Gasteiger charge is -2.14. The van der Waals surface area contributed by atoms with Gasteiger partial charge in [-0.15, -0.1) is 0 Å². The maximum Gasteiger partial charge on any atom is 0.315 e. The molecule has 0 amide bonds. The highest BCUT2D eigenvalue weighted by molar-refractivity contribution is 7.89. The van der Waals surface area contributed by atoms with Gasteiger partial charge in [-0.2, -0.15) is 5.10 Å². The van der Waals surface area contributed by atoms with Crippen LogP contribution in [0.25, 0.3) is 0 Å². The number of methoxy groups -OCH3 is 1. The van der Waals surface area contributed by atoms with E-state index in [1.54, 1.807) is 19.9 Å². The molecule has 2 aromatic carbocycles. The Hall–Kier alpha value is -3.18. The molecule has 0 radical (unpaired) electrons. The highest BCUT2D eigenvalue weighted by Crippen LogP contribution is 2.38. The van der Waals surface area contributed by atoms with E-state index >= 15 is 0 Å². The van der Waals surface area contributed by atoms with Crippen LogP contribution in [0.2, 0.25) is 0 Å². The number of nitro benzene ring substituents is 1. The molecule has 150 valence electrons. The number of hydrogen-bond donors (Lipinski definition) is 2. The van der Waals surface area contributed by atoms with Gasteiger partial charge in [-0.05, 0) is 44.2 Å². The van der Waals surface area contributed by atoms with Crippen LogP contribution in [-0.2, 0) is 10.0 Å². The largest absolute Gasteiger partial charge is 0.493 e. The Kier molecular flexibility index (Phi) is 6.54. The molecule has 2 rings (SSSR count). The fourth-order valence-electron chi connectivity index (χ4n) is 2.22. The maximum atomic E-state index is 11.4. The minimum Gasteiger partial charge on any atom is -0.493 e. The minimum absolute atomic E-state index is 0.0249. The van der Waals surface area contributed by atoms with Crippen molar-refractivity contribution >= 4 is 27.6 Å². The Morgan fingerprint density at radius 1 is 1.25 bits per heavy atom. The summed E-state index contributed by atoms with van der Waals surface area (Å²) >= 11 is 0. The highest BCUT2D eigenvalue weighted by Gasteiger charge is 2.22. The molecule has 0 heterocycles. The quantitative estimate of drug-likeness (QED) is 0.387. The average molecular weight is 408 g/mol. The fourth-order valence-corrected chi connectivity index (χ4v) is 2.74. The molecule has 28 heavy (non-hydrogen) atoms. The molecule has 0 aliphatic heterocycles. The Morgan fingerprint density at radius 2 is 1.89 bits per heavy atom. The molecular formula is C17H20N4O6S. The number of anilines is 1. The third kappa shape index (κ3) is 5.41. The summed E-state index contributed by atoms with van der Waals surface area (Å²) in [5.41, 5.74) is 3.37. The van der Waals surface area contributed by atoms with E-state index in [9.17, 15) is 18.5 Å². The van der Waals surface area contributed by atoms with E-state index in [4.69, 9.17) is 14.6 Å². The van der Waals surface area contributed by atoms with Gasteiger partial charge in [0.2, 0.25) is 15.8 Å². The Labute approximate surface area is 162 Å². The minimum atomic E-state index is -3.77. The second kappa shape index (κ2) is 8.67. The molecule has 0 saturated heterocycles. The van der Waals surface area contributed by atoms with Gasteiger partial charge in [0.15, 0.2) is 5.75 Å². The number of hydrazone groups is 1. The topological polar surface area (TPSA) is 146 Å². The van der Waals surface area contributed by atoms with Crippen LogP contribution in [-0.4, -0.2) is 32.8 Å². The van der Waals surface area contributed by atoms with Crippen molar-refractivity contribution in [2.75, 3.05) is 12.5 Å². The zero-order valence-electron chi connectivity index (χ0n) is 15.4. The van der Waals surface area contributed by atoms with Crippen molar-refractivity contribution in [3.8, 4) is 11.5 Å². The van der Waals surface area contributed by atoms with Gasteiger partial charge < -0.3 is 9.47 Å². The van der Waals surface area contributed by atoms with Crippen LogP contribution in [0.3, 0.4) is 0 Å². The number of ether oxygens (including phenoxy) is 2. The van der Waals surface area contributed by atoms with Crippen LogP contribution in [0.15, 0.2) is 46.4 Å². The molecule has 0 aliphatic carbocycles. The molecule has 0 aliphatic rings. The highest BCUT2D eigenvalue weighted by atomic mass is 32.2. The number of hydrogen-bond acceptors (Lipinski definition) is 8. The number of nitrogens with one attached hydrogen (secondary N) is 1. The van der Waals surface area contributed by atoms with Gasteiger partial charge in [-0.1, -0.05) is 0 Å². The zero-order chi connectivity index (χ0) is 20.9. The molecule has 0 fully saturated rings. The van der Waals surface area contributed by atoms with Crippen LogP contribution >= 0.6 is 0 Å². The molecule has 0 bridgehead atoms. The normalized spacial score (nSPS) is 11.6. The van der Waals surface area contributed by atoms with Crippen LogP contribution in [0.4, 0.5) is 11.4 Å². The van der Waals surface area contributed by atoms with E-state index in [2.05, 4.69) is 10.5 Å². The molecule has 3 N–H and O–H groups in total. The first-order chi connectivity index (χ1) is 13.1. The number of sulfonamides is 1. The molecule has 10 nitrogen and oxygen atoms in total. The first kappa shape index (κ1) is 21.1. The summed E-state index contributed by atoms with van der Waals surface area (Å²) < 4.78 is 33.2. The third-order valence-corrected chi connectivity index (χ3v) is 4.35. The predicted octanol–water partition coefficient (Wildman–Crippen LogP) is 2.48. The Balaban J connectivity index is 2.25. The van der Waals surface area contributed by atoms with Gasteiger partial charge in [0.1, 0.15) is 0 Å². The van der Waals surface area contributed by atoms with Gasteiger partial charge in [0.05, 0.1) is 34.9 Å². The van der Waals surface area contributed by atoms with Crippen LogP contribution < -0.4 is 20.0 Å². The van der Waals surface area contributed by atoms with Gasteiger partial charge in [0, 0.05) is 11.6 Å². The number of nitro groups is 1. The molecule has 2 aromatic rings. The van der Waals surface area contributed by atoms with Crippen molar-refractivity contribution in [2.24, 2.45) is 10.2 Å². The fraction of sp³-hybridized carbons (Fsp3) is 0.235. The van der Waals surface area contributed by atoms with Gasteiger partial charge in [-0.25, -0.2) is 13.6 Å². The van der Waals surface area contributed by atoms with E-state index in [-0.39, 0.29) is 28.2 Å². The summed E-state index contributed by atoms with van der Waals surface area (Å²) in [5.74, 6) is 0.257. The Bertz CT molecular complexity index is 987. The number of primary sulfonamides is 1. The van der Waals surface area contributed by atoms with Crippen LogP contribution in [0.1, 0.15) is 19.4 Å². The molecule has 0 atom stereocenters. The monoisotopic (exact) mass is 408 g/mol. The summed E-state index contributed by atoms with van der Waals surface area (Å²) in [6.45, 7) is 3.51. The lowest BCUT2D eigenvalue weighted by atomic mass is 10.2. The summed E-state index contributed by atoms with van der Waals surface area (Å²) in [6.07, 6.45) is 1.09. The first-order valence-corrected chi connectivity index (χ1v) is 9.61. The average Bonchev–Trinajstić information content (AvgIpc) is 2.61. The number of rotatable bonds is 8. The molecule has 0 saturated carbocycles. The van der Waals surface area contributed by atoms with Crippen molar-refractivity contribution in [2.45, 2.75) is 24.8 Å². The standard InChI is InChI=1S/C17H20N4O6S/c1-11(2)27-17-15(21(22)23)8-12(9-16(17)26-3)10-19-20-13-4-6-14(7-5-13)28(18,24)25/h4-11,20H,1-3H3,(H2,18,24,25). The number of benzene rings is 2. The summed E-state index contributed by atoms with van der Waals surface area (Å²) in [4.78, 5) is 10.8. The van der Waals surface area contributed by atoms with Crippen molar-refractivity contribution in [1.82, 2.24) is 0 Å². The summed E-state index contributed by atoms with van der Waals surface area (Å²) in [5, 5.41) is 20.4. The predicted molar refractivity (Wildman–Crippen MR) is 104 cm³/mol. The SMILES string of the molecule is COc1cc(C=NNc2ccc(S(N)(=O)=O)cc2)cc([N+](=O)[O-])c1OC(C)C. The van der Waals surface area contributed by atoms with Crippen molar-refractivity contribution in [3.63, 3.8) is 0 Å². The second-order valence-electron chi connectivity index (χ2n) is 5.93. The van der Waals surface area contributed by atoms with E-state index in [1.807, 2.05) is 0 Å². The molecular weight excluding hydrogens is 388 g/mol. The molecule has 0 unspecified atom stereocenters. The smallest absolute Gasteiger partial charge is 0.315 e. The van der Waals surface area contributed by atoms with Gasteiger partial charge >= 0.3 is 5.69 Å². The molecule has 11 heteroatoms.